The summed E-state index contributed by atoms with van der Waals surface area (Å²) in [5.74, 6) is 0. The van der Waals surface area contributed by atoms with E-state index in [0.29, 0.717) is 18.6 Å². The van der Waals surface area contributed by atoms with Gasteiger partial charge in [0.1, 0.15) is 0 Å². The molecule has 116 valence electrons. The number of ether oxygens (including phenoxy) is 1. The Hall–Kier alpha value is -1.40. The van der Waals surface area contributed by atoms with Crippen LogP contribution >= 0.6 is 0 Å². The average Bonchev–Trinajstić information content (AvgIpc) is 3.26. The van der Waals surface area contributed by atoms with Crippen LogP contribution in [0.1, 0.15) is 26.7 Å². The van der Waals surface area contributed by atoms with Crippen molar-refractivity contribution >= 4 is 5.69 Å². The normalized spacial score (nSPS) is 23.5. The molecule has 0 radical (unpaired) electrons. The Labute approximate surface area is 125 Å². The summed E-state index contributed by atoms with van der Waals surface area (Å²) in [6.07, 6.45) is 4.14. The van der Waals surface area contributed by atoms with Gasteiger partial charge in [-0.3, -0.25) is 9.69 Å². The number of rotatable bonds is 5. The van der Waals surface area contributed by atoms with E-state index in [1.165, 1.54) is 17.5 Å². The molecule has 1 N–H and O–H groups in total. The van der Waals surface area contributed by atoms with E-state index in [0.717, 1.165) is 25.4 Å². The zero-order valence-electron chi connectivity index (χ0n) is 12.8. The van der Waals surface area contributed by atoms with Crippen molar-refractivity contribution in [1.29, 1.82) is 0 Å². The van der Waals surface area contributed by atoms with Crippen molar-refractivity contribution in [2.24, 2.45) is 0 Å². The van der Waals surface area contributed by atoms with E-state index in [4.69, 9.17) is 4.74 Å². The first kappa shape index (κ1) is 14.5. The van der Waals surface area contributed by atoms with Crippen LogP contribution in [-0.2, 0) is 11.3 Å². The molecule has 1 aromatic heterocycles. The van der Waals surface area contributed by atoms with Crippen molar-refractivity contribution in [1.82, 2.24) is 14.7 Å². The maximum atomic E-state index is 12.1. The summed E-state index contributed by atoms with van der Waals surface area (Å²) in [5, 5.41) is 7.56. The molecular formula is C15H24N4O2. The molecule has 2 fully saturated rings. The van der Waals surface area contributed by atoms with Crippen molar-refractivity contribution in [3.63, 3.8) is 0 Å². The highest BCUT2D eigenvalue weighted by Gasteiger charge is 2.24. The van der Waals surface area contributed by atoms with E-state index >= 15 is 0 Å². The zero-order valence-corrected chi connectivity index (χ0v) is 12.8. The molecule has 1 aliphatic carbocycles. The molecule has 21 heavy (non-hydrogen) atoms. The number of aromatic nitrogens is 2. The van der Waals surface area contributed by atoms with Crippen LogP contribution in [0.3, 0.4) is 0 Å². The van der Waals surface area contributed by atoms with Gasteiger partial charge in [0.2, 0.25) is 0 Å². The first-order valence-corrected chi connectivity index (χ1v) is 7.81. The van der Waals surface area contributed by atoms with E-state index < -0.39 is 0 Å². The summed E-state index contributed by atoms with van der Waals surface area (Å²) in [5.41, 5.74) is 0.762. The summed E-state index contributed by atoms with van der Waals surface area (Å²) in [7, 11) is 0. The summed E-state index contributed by atoms with van der Waals surface area (Å²) in [4.78, 5) is 14.5. The standard InChI is InChI=1S/C15H24N4O2/c1-11(2)18-5-6-21-14(9-18)10-19-15(20)7-13(8-16-19)17-12-3-4-12/h7-8,11-12,14,17H,3-6,9-10H2,1-2H3. The zero-order chi connectivity index (χ0) is 14.8. The van der Waals surface area contributed by atoms with Gasteiger partial charge in [0.25, 0.3) is 5.56 Å². The highest BCUT2D eigenvalue weighted by molar-refractivity contribution is 5.41. The number of nitrogens with zero attached hydrogens (tertiary/aromatic N) is 3. The predicted octanol–water partition coefficient (Wildman–Crippen LogP) is 0.927. The maximum absolute atomic E-state index is 12.1. The molecule has 6 heteroatoms. The quantitative estimate of drug-likeness (QED) is 0.875. The van der Waals surface area contributed by atoms with Crippen LogP contribution in [-0.4, -0.2) is 52.6 Å². The lowest BCUT2D eigenvalue weighted by molar-refractivity contribution is -0.0475. The van der Waals surface area contributed by atoms with Crippen molar-refractivity contribution in [2.75, 3.05) is 25.0 Å². The van der Waals surface area contributed by atoms with E-state index in [-0.39, 0.29) is 11.7 Å². The summed E-state index contributed by atoms with van der Waals surface area (Å²) in [6.45, 7) is 7.43. The van der Waals surface area contributed by atoms with Crippen LogP contribution in [0.2, 0.25) is 0 Å². The lowest BCUT2D eigenvalue weighted by atomic mass is 10.2. The molecule has 1 atom stereocenters. The van der Waals surface area contributed by atoms with Crippen LogP contribution < -0.4 is 10.9 Å². The van der Waals surface area contributed by atoms with Crippen molar-refractivity contribution in [3.8, 4) is 0 Å². The van der Waals surface area contributed by atoms with Crippen molar-refractivity contribution in [2.45, 2.75) is 51.4 Å². The Kier molecular flexibility index (Phi) is 4.26. The third kappa shape index (κ3) is 3.83. The highest BCUT2D eigenvalue weighted by Crippen LogP contribution is 2.23. The first-order valence-electron chi connectivity index (χ1n) is 7.81. The second-order valence-corrected chi connectivity index (χ2v) is 6.26. The lowest BCUT2D eigenvalue weighted by Gasteiger charge is -2.35. The van der Waals surface area contributed by atoms with Crippen LogP contribution in [0.5, 0.6) is 0 Å². The Bertz CT molecular complexity index is 539. The number of nitrogens with one attached hydrogen (secondary N) is 1. The molecule has 0 bridgehead atoms. The van der Waals surface area contributed by atoms with E-state index in [2.05, 4.69) is 29.2 Å². The summed E-state index contributed by atoms with van der Waals surface area (Å²) >= 11 is 0. The van der Waals surface area contributed by atoms with Gasteiger partial charge in [-0.1, -0.05) is 0 Å². The van der Waals surface area contributed by atoms with Gasteiger partial charge in [0.15, 0.2) is 0 Å². The number of hydrogen-bond acceptors (Lipinski definition) is 5. The fourth-order valence-electron chi connectivity index (χ4n) is 2.63. The minimum absolute atomic E-state index is 0.0357. The monoisotopic (exact) mass is 292 g/mol. The van der Waals surface area contributed by atoms with E-state index in [1.54, 1.807) is 12.3 Å². The topological polar surface area (TPSA) is 59.4 Å². The molecular weight excluding hydrogens is 268 g/mol. The Morgan fingerprint density at radius 2 is 2.29 bits per heavy atom. The van der Waals surface area contributed by atoms with Crippen LogP contribution in [0.15, 0.2) is 17.1 Å². The number of hydrogen-bond donors (Lipinski definition) is 1. The van der Waals surface area contributed by atoms with Gasteiger partial charge >= 0.3 is 0 Å². The molecule has 0 aromatic carbocycles. The molecule has 3 rings (SSSR count). The highest BCUT2D eigenvalue weighted by atomic mass is 16.5. The molecule has 2 aliphatic rings. The second kappa shape index (κ2) is 6.15. The lowest BCUT2D eigenvalue weighted by Crippen LogP contribution is -2.48. The third-order valence-corrected chi connectivity index (χ3v) is 4.09. The largest absolute Gasteiger partial charge is 0.381 e. The molecule has 0 spiro atoms. The fraction of sp³-hybridized carbons (Fsp3) is 0.733. The smallest absolute Gasteiger partial charge is 0.268 e. The summed E-state index contributed by atoms with van der Waals surface area (Å²) in [6, 6.07) is 2.67. The van der Waals surface area contributed by atoms with Gasteiger partial charge < -0.3 is 10.1 Å². The van der Waals surface area contributed by atoms with Gasteiger partial charge in [-0.2, -0.15) is 5.10 Å². The van der Waals surface area contributed by atoms with E-state index in [1.807, 2.05) is 0 Å². The van der Waals surface area contributed by atoms with Crippen molar-refractivity contribution < 1.29 is 4.74 Å². The average molecular weight is 292 g/mol. The molecule has 1 saturated heterocycles. The van der Waals surface area contributed by atoms with Gasteiger partial charge in [-0.05, 0) is 26.7 Å². The number of anilines is 1. The second-order valence-electron chi connectivity index (χ2n) is 6.26. The fourth-order valence-corrected chi connectivity index (χ4v) is 2.63. The number of morpholine rings is 1. The molecule has 1 saturated carbocycles. The maximum Gasteiger partial charge on any atom is 0.268 e. The first-order chi connectivity index (χ1) is 10.1. The summed E-state index contributed by atoms with van der Waals surface area (Å²) < 4.78 is 7.27. The predicted molar refractivity (Wildman–Crippen MR) is 81.6 cm³/mol. The van der Waals surface area contributed by atoms with Crippen LogP contribution in [0.4, 0.5) is 5.69 Å². The molecule has 1 unspecified atom stereocenters. The molecule has 2 heterocycles. The third-order valence-electron chi connectivity index (χ3n) is 4.09. The molecule has 0 amide bonds. The van der Waals surface area contributed by atoms with Gasteiger partial charge in [0.05, 0.1) is 31.1 Å². The Balaban J connectivity index is 1.62. The van der Waals surface area contributed by atoms with Gasteiger partial charge in [-0.15, -0.1) is 0 Å². The SMILES string of the molecule is CC(C)N1CCOC(Cn2ncc(NC3CC3)cc2=O)C1. The molecule has 1 aromatic rings. The minimum atomic E-state index is -0.0640. The van der Waals surface area contributed by atoms with Gasteiger partial charge in [0, 0.05) is 31.2 Å². The van der Waals surface area contributed by atoms with Crippen LogP contribution in [0.25, 0.3) is 0 Å². The molecule has 1 aliphatic heterocycles. The van der Waals surface area contributed by atoms with E-state index in [9.17, 15) is 4.79 Å². The van der Waals surface area contributed by atoms with Gasteiger partial charge in [-0.25, -0.2) is 4.68 Å². The molecule has 6 nitrogen and oxygen atoms in total. The Morgan fingerprint density at radius 1 is 1.48 bits per heavy atom. The Morgan fingerprint density at radius 3 is 2.95 bits per heavy atom. The van der Waals surface area contributed by atoms with Crippen LogP contribution in [0, 0.1) is 0 Å². The van der Waals surface area contributed by atoms with Crippen molar-refractivity contribution in [3.05, 3.63) is 22.6 Å². The minimum Gasteiger partial charge on any atom is -0.381 e.